The minimum absolute atomic E-state index is 0.000718. The normalized spacial score (nSPS) is 16.1. The Balaban J connectivity index is 1.79. The molecule has 0 saturated heterocycles. The van der Waals surface area contributed by atoms with Crippen molar-refractivity contribution in [2.45, 2.75) is 31.9 Å². The molecular formula is C16H18F3NO4. The first kappa shape index (κ1) is 18.1. The van der Waals surface area contributed by atoms with Gasteiger partial charge in [-0.25, -0.2) is 0 Å². The van der Waals surface area contributed by atoms with Gasteiger partial charge in [-0.1, -0.05) is 18.6 Å². The highest BCUT2D eigenvalue weighted by Gasteiger charge is 2.45. The van der Waals surface area contributed by atoms with Gasteiger partial charge in [-0.15, -0.1) is 0 Å². The molecule has 24 heavy (non-hydrogen) atoms. The molecular weight excluding hydrogens is 327 g/mol. The Morgan fingerprint density at radius 1 is 1.25 bits per heavy atom. The lowest BCUT2D eigenvalue weighted by atomic mass is 9.66. The van der Waals surface area contributed by atoms with Gasteiger partial charge in [0.2, 0.25) is 5.91 Å². The Morgan fingerprint density at radius 2 is 1.92 bits per heavy atom. The number of carboxylic acid groups (broad SMARTS) is 1. The van der Waals surface area contributed by atoms with Crippen LogP contribution in [0.15, 0.2) is 24.3 Å². The number of hydrogen-bond acceptors (Lipinski definition) is 3. The Morgan fingerprint density at radius 3 is 2.46 bits per heavy atom. The molecule has 0 aromatic heterocycles. The lowest BCUT2D eigenvalue weighted by molar-refractivity contribution is -0.157. The number of hydrogen-bond donors (Lipinski definition) is 2. The predicted molar refractivity (Wildman–Crippen MR) is 78.5 cm³/mol. The fraction of sp³-hybridized carbons (Fsp3) is 0.500. The number of para-hydroxylation sites is 1. The summed E-state index contributed by atoms with van der Waals surface area (Å²) in [5.41, 5.74) is -1.87. The molecule has 8 heteroatoms. The van der Waals surface area contributed by atoms with E-state index < -0.39 is 29.0 Å². The van der Waals surface area contributed by atoms with Gasteiger partial charge in [-0.2, -0.15) is 13.2 Å². The topological polar surface area (TPSA) is 75.6 Å². The van der Waals surface area contributed by atoms with E-state index in [4.69, 9.17) is 9.84 Å². The van der Waals surface area contributed by atoms with Gasteiger partial charge < -0.3 is 15.2 Å². The van der Waals surface area contributed by atoms with Gasteiger partial charge in [0, 0.05) is 6.42 Å². The number of alkyl halides is 3. The van der Waals surface area contributed by atoms with Gasteiger partial charge in [0.15, 0.2) is 0 Å². The summed E-state index contributed by atoms with van der Waals surface area (Å²) in [4.78, 5) is 23.0. The number of carbonyl (C=O) groups excluding carboxylic acids is 1. The first-order chi connectivity index (χ1) is 11.2. The van der Waals surface area contributed by atoms with Crippen molar-refractivity contribution in [3.8, 4) is 5.75 Å². The number of carbonyl (C=O) groups is 2. The predicted octanol–water partition coefficient (Wildman–Crippen LogP) is 2.85. The first-order valence-corrected chi connectivity index (χ1v) is 7.54. The summed E-state index contributed by atoms with van der Waals surface area (Å²) >= 11 is 0. The lowest BCUT2D eigenvalue weighted by Gasteiger charge is -2.36. The number of halogens is 3. The maximum Gasteiger partial charge on any atom is 0.419 e. The van der Waals surface area contributed by atoms with Crippen molar-refractivity contribution in [1.82, 2.24) is 5.32 Å². The second kappa shape index (κ2) is 7.11. The van der Waals surface area contributed by atoms with Crippen LogP contribution in [0.1, 0.15) is 31.2 Å². The smallest absolute Gasteiger partial charge is 0.419 e. The molecule has 1 aromatic carbocycles. The van der Waals surface area contributed by atoms with Crippen molar-refractivity contribution in [2.24, 2.45) is 5.41 Å². The number of carboxylic acids is 1. The molecule has 0 heterocycles. The van der Waals surface area contributed by atoms with Crippen LogP contribution in [-0.2, 0) is 15.8 Å². The summed E-state index contributed by atoms with van der Waals surface area (Å²) in [5.74, 6) is -1.73. The van der Waals surface area contributed by atoms with Gasteiger partial charge >= 0.3 is 12.1 Å². The number of rotatable bonds is 7. The van der Waals surface area contributed by atoms with Crippen molar-refractivity contribution in [1.29, 1.82) is 0 Å². The van der Waals surface area contributed by atoms with Gasteiger partial charge in [-0.05, 0) is 25.0 Å². The maximum atomic E-state index is 12.8. The summed E-state index contributed by atoms with van der Waals surface area (Å²) < 4.78 is 43.4. The summed E-state index contributed by atoms with van der Waals surface area (Å²) in [6.07, 6.45) is -2.94. The fourth-order valence-corrected chi connectivity index (χ4v) is 2.62. The second-order valence-corrected chi connectivity index (χ2v) is 5.81. The summed E-state index contributed by atoms with van der Waals surface area (Å²) in [7, 11) is 0. The maximum absolute atomic E-state index is 12.8. The highest BCUT2D eigenvalue weighted by atomic mass is 19.4. The van der Waals surface area contributed by atoms with Crippen LogP contribution in [0.3, 0.4) is 0 Å². The molecule has 0 aliphatic heterocycles. The minimum atomic E-state index is -4.52. The third kappa shape index (κ3) is 4.18. The van der Waals surface area contributed by atoms with E-state index in [1.54, 1.807) is 0 Å². The molecule has 1 fully saturated rings. The monoisotopic (exact) mass is 345 g/mol. The molecule has 0 atom stereocenters. The number of aliphatic carboxylic acids is 1. The molecule has 1 amide bonds. The quantitative estimate of drug-likeness (QED) is 0.745. The van der Waals surface area contributed by atoms with Crippen LogP contribution in [0.5, 0.6) is 5.75 Å². The van der Waals surface area contributed by atoms with Gasteiger partial charge in [0.05, 0.1) is 17.5 Å². The zero-order valence-electron chi connectivity index (χ0n) is 12.9. The highest BCUT2D eigenvalue weighted by Crippen LogP contribution is 2.44. The zero-order valence-corrected chi connectivity index (χ0v) is 12.9. The molecule has 0 spiro atoms. The summed E-state index contributed by atoms with van der Waals surface area (Å²) in [5, 5.41) is 11.6. The van der Waals surface area contributed by atoms with Crippen molar-refractivity contribution in [3.05, 3.63) is 29.8 Å². The van der Waals surface area contributed by atoms with Crippen LogP contribution < -0.4 is 10.1 Å². The van der Waals surface area contributed by atoms with Crippen LogP contribution in [0.25, 0.3) is 0 Å². The average molecular weight is 345 g/mol. The third-order valence-electron chi connectivity index (χ3n) is 4.14. The number of ether oxygens (including phenoxy) is 1. The van der Waals surface area contributed by atoms with E-state index in [0.717, 1.165) is 12.5 Å². The molecule has 0 bridgehead atoms. The second-order valence-electron chi connectivity index (χ2n) is 5.81. The van der Waals surface area contributed by atoms with Crippen LogP contribution >= 0.6 is 0 Å². The standard InChI is InChI=1S/C16H18F3NO4/c17-16(18,19)11-4-1-2-5-12(11)24-9-8-20-13(21)10-15(14(22)23)6-3-7-15/h1-2,4-5H,3,6-10H2,(H,20,21)(H,22,23). The van der Waals surface area contributed by atoms with Crippen LogP contribution in [-0.4, -0.2) is 30.1 Å². The molecule has 2 rings (SSSR count). The summed E-state index contributed by atoms with van der Waals surface area (Å²) in [6, 6.07) is 4.82. The largest absolute Gasteiger partial charge is 0.491 e. The summed E-state index contributed by atoms with van der Waals surface area (Å²) in [6.45, 7) is -0.139. The number of benzene rings is 1. The van der Waals surface area contributed by atoms with E-state index >= 15 is 0 Å². The molecule has 1 aliphatic rings. The molecule has 0 unspecified atom stereocenters. The molecule has 1 saturated carbocycles. The average Bonchev–Trinajstić information content (AvgIpc) is 2.46. The van der Waals surface area contributed by atoms with Crippen molar-refractivity contribution in [2.75, 3.05) is 13.2 Å². The Bertz CT molecular complexity index is 612. The molecule has 5 nitrogen and oxygen atoms in total. The molecule has 1 aromatic rings. The first-order valence-electron chi connectivity index (χ1n) is 7.54. The Kier molecular flexibility index (Phi) is 5.36. The van der Waals surface area contributed by atoms with E-state index in [2.05, 4.69) is 5.32 Å². The van der Waals surface area contributed by atoms with Crippen LogP contribution in [0, 0.1) is 5.41 Å². The molecule has 132 valence electrons. The third-order valence-corrected chi connectivity index (χ3v) is 4.14. The number of nitrogens with one attached hydrogen (secondary N) is 1. The lowest BCUT2D eigenvalue weighted by Crippen LogP contribution is -2.43. The minimum Gasteiger partial charge on any atom is -0.491 e. The van der Waals surface area contributed by atoms with E-state index in [0.29, 0.717) is 12.8 Å². The van der Waals surface area contributed by atoms with Gasteiger partial charge in [-0.3, -0.25) is 9.59 Å². The van der Waals surface area contributed by atoms with Gasteiger partial charge in [0.25, 0.3) is 0 Å². The Hall–Kier alpha value is -2.25. The van der Waals surface area contributed by atoms with Crippen LogP contribution in [0.2, 0.25) is 0 Å². The van der Waals surface area contributed by atoms with Gasteiger partial charge in [0.1, 0.15) is 12.4 Å². The molecule has 1 aliphatic carbocycles. The SMILES string of the molecule is O=C(CC1(C(=O)O)CCC1)NCCOc1ccccc1C(F)(F)F. The molecule has 2 N–H and O–H groups in total. The zero-order chi connectivity index (χ0) is 17.8. The van der Waals surface area contributed by atoms with Crippen molar-refractivity contribution in [3.63, 3.8) is 0 Å². The van der Waals surface area contributed by atoms with E-state index in [1.807, 2.05) is 0 Å². The van der Waals surface area contributed by atoms with Crippen molar-refractivity contribution < 1.29 is 32.6 Å². The highest BCUT2D eigenvalue weighted by molar-refractivity contribution is 5.85. The van der Waals surface area contributed by atoms with Crippen LogP contribution in [0.4, 0.5) is 13.2 Å². The number of amides is 1. The fourth-order valence-electron chi connectivity index (χ4n) is 2.62. The van der Waals surface area contributed by atoms with Crippen molar-refractivity contribution >= 4 is 11.9 Å². The van der Waals surface area contributed by atoms with E-state index in [-0.39, 0.29) is 25.3 Å². The molecule has 0 radical (unpaired) electrons. The van der Waals surface area contributed by atoms with E-state index in [1.165, 1.54) is 18.2 Å². The van der Waals surface area contributed by atoms with E-state index in [9.17, 15) is 22.8 Å². The Labute approximate surface area is 136 Å².